The van der Waals surface area contributed by atoms with Gasteiger partial charge in [0.2, 0.25) is 0 Å². The van der Waals surface area contributed by atoms with Gasteiger partial charge >= 0.3 is 0 Å². The summed E-state index contributed by atoms with van der Waals surface area (Å²) in [6.45, 7) is 1.59. The van der Waals surface area contributed by atoms with E-state index >= 15 is 0 Å². The topological polar surface area (TPSA) is 62.2 Å². The molecule has 2 N–H and O–H groups in total. The van der Waals surface area contributed by atoms with Crippen molar-refractivity contribution in [2.24, 2.45) is 0 Å². The molecule has 0 bridgehead atoms. The number of hydrogen-bond donors (Lipinski definition) is 2. The van der Waals surface area contributed by atoms with Gasteiger partial charge in [0.15, 0.2) is 0 Å². The average molecular weight is 215 g/mol. The molecule has 5 heteroatoms. The maximum atomic E-state index is 11.5. The Balaban J connectivity index is 2.75. The minimum atomic E-state index is -0.329. The Morgan fingerprint density at radius 2 is 2.50 bits per heavy atom. The Kier molecular flexibility index (Phi) is 3.85. The van der Waals surface area contributed by atoms with Crippen molar-refractivity contribution in [3.8, 4) is 0 Å². The summed E-state index contributed by atoms with van der Waals surface area (Å²) in [5, 5.41) is 11.5. The molecule has 0 aliphatic rings. The average Bonchev–Trinajstić information content (AvgIpc) is 2.18. The predicted molar refractivity (Wildman–Crippen MR) is 53.3 cm³/mol. The first-order chi connectivity index (χ1) is 6.65. The standard InChI is InChI=1S/C9H11ClN2O2/c1-6(5-13)12-9(14)7-3-2-4-11-8(7)10/h2-4,6,13H,5H2,1H3,(H,12,14)/t6-/m1/s1. The summed E-state index contributed by atoms with van der Waals surface area (Å²) in [5.41, 5.74) is 0.314. The van der Waals surface area contributed by atoms with Crippen LogP contribution in [0.4, 0.5) is 0 Å². The number of nitrogens with one attached hydrogen (secondary N) is 1. The second-order valence-electron chi connectivity index (χ2n) is 2.90. The fourth-order valence-corrected chi connectivity index (χ4v) is 1.11. The molecule has 1 aromatic rings. The van der Waals surface area contributed by atoms with Gasteiger partial charge in [0, 0.05) is 12.2 Å². The third-order valence-electron chi connectivity index (χ3n) is 1.66. The molecule has 1 heterocycles. The van der Waals surface area contributed by atoms with Gasteiger partial charge in [0.25, 0.3) is 5.91 Å². The third-order valence-corrected chi connectivity index (χ3v) is 1.96. The van der Waals surface area contributed by atoms with E-state index in [1.165, 1.54) is 6.20 Å². The number of carbonyl (C=O) groups excluding carboxylic acids is 1. The fourth-order valence-electron chi connectivity index (χ4n) is 0.903. The Bertz CT molecular complexity index is 330. The van der Waals surface area contributed by atoms with Crippen molar-refractivity contribution in [1.82, 2.24) is 10.3 Å². The summed E-state index contributed by atoms with van der Waals surface area (Å²) in [6.07, 6.45) is 1.51. The molecule has 4 nitrogen and oxygen atoms in total. The number of rotatable bonds is 3. The van der Waals surface area contributed by atoms with E-state index < -0.39 is 0 Å². The van der Waals surface area contributed by atoms with E-state index in [4.69, 9.17) is 16.7 Å². The summed E-state index contributed by atoms with van der Waals surface area (Å²) < 4.78 is 0. The van der Waals surface area contributed by atoms with Crippen LogP contribution in [0, 0.1) is 0 Å². The lowest BCUT2D eigenvalue weighted by molar-refractivity contribution is 0.0922. The summed E-state index contributed by atoms with van der Waals surface area (Å²) in [7, 11) is 0. The van der Waals surface area contributed by atoms with E-state index in [1.54, 1.807) is 19.1 Å². The van der Waals surface area contributed by atoms with Crippen molar-refractivity contribution in [2.45, 2.75) is 13.0 Å². The first-order valence-corrected chi connectivity index (χ1v) is 4.55. The highest BCUT2D eigenvalue weighted by Gasteiger charge is 2.12. The first-order valence-electron chi connectivity index (χ1n) is 4.17. The lowest BCUT2D eigenvalue weighted by atomic mass is 10.2. The number of pyridine rings is 1. The van der Waals surface area contributed by atoms with Gasteiger partial charge in [-0.15, -0.1) is 0 Å². The quantitative estimate of drug-likeness (QED) is 0.734. The number of aliphatic hydroxyl groups excluding tert-OH is 1. The van der Waals surface area contributed by atoms with Crippen LogP contribution < -0.4 is 5.32 Å². The molecule has 1 rings (SSSR count). The molecule has 1 aromatic heterocycles. The first kappa shape index (κ1) is 10.9. The summed E-state index contributed by atoms with van der Waals surface area (Å²) in [5.74, 6) is -0.329. The predicted octanol–water partition coefficient (Wildman–Crippen LogP) is 0.846. The van der Waals surface area contributed by atoms with Crippen LogP contribution in [-0.4, -0.2) is 28.6 Å². The van der Waals surface area contributed by atoms with Gasteiger partial charge in [0.1, 0.15) is 5.15 Å². The highest BCUT2D eigenvalue weighted by atomic mass is 35.5. The number of nitrogens with zero attached hydrogens (tertiary/aromatic N) is 1. The number of carbonyl (C=O) groups is 1. The number of halogens is 1. The molecular formula is C9H11ClN2O2. The number of aliphatic hydroxyl groups is 1. The van der Waals surface area contributed by atoms with E-state index in [9.17, 15) is 4.79 Å². The van der Waals surface area contributed by atoms with Crippen LogP contribution in [0.5, 0.6) is 0 Å². The number of hydrogen-bond acceptors (Lipinski definition) is 3. The van der Waals surface area contributed by atoms with Crippen LogP contribution in [0.15, 0.2) is 18.3 Å². The Hall–Kier alpha value is -1.13. The molecule has 0 aromatic carbocycles. The van der Waals surface area contributed by atoms with Crippen molar-refractivity contribution in [2.75, 3.05) is 6.61 Å². The van der Waals surface area contributed by atoms with E-state index in [0.717, 1.165) is 0 Å². The molecule has 1 amide bonds. The molecule has 0 unspecified atom stereocenters. The van der Waals surface area contributed by atoms with Gasteiger partial charge in [-0.2, -0.15) is 0 Å². The van der Waals surface area contributed by atoms with Crippen LogP contribution in [0.1, 0.15) is 17.3 Å². The maximum Gasteiger partial charge on any atom is 0.254 e. The largest absolute Gasteiger partial charge is 0.394 e. The molecule has 0 radical (unpaired) electrons. The minimum absolute atomic E-state index is 0.108. The zero-order valence-corrected chi connectivity index (χ0v) is 8.45. The lowest BCUT2D eigenvalue weighted by Gasteiger charge is -2.10. The van der Waals surface area contributed by atoms with Crippen molar-refractivity contribution < 1.29 is 9.90 Å². The number of amides is 1. The Morgan fingerprint density at radius 3 is 3.07 bits per heavy atom. The summed E-state index contributed by atoms with van der Waals surface area (Å²) in [6, 6.07) is 2.91. The van der Waals surface area contributed by atoms with Gasteiger partial charge in [-0.05, 0) is 19.1 Å². The molecule has 1 atom stereocenters. The Labute approximate surface area is 86.9 Å². The SMILES string of the molecule is C[C@H](CO)NC(=O)c1cccnc1Cl. The molecule has 0 aliphatic heterocycles. The normalized spacial score (nSPS) is 12.2. The zero-order valence-electron chi connectivity index (χ0n) is 7.70. The van der Waals surface area contributed by atoms with E-state index in [2.05, 4.69) is 10.3 Å². The molecule has 0 saturated heterocycles. The highest BCUT2D eigenvalue weighted by Crippen LogP contribution is 2.10. The number of aromatic nitrogens is 1. The zero-order chi connectivity index (χ0) is 10.6. The molecule has 0 spiro atoms. The summed E-state index contributed by atoms with van der Waals surface area (Å²) >= 11 is 5.71. The van der Waals surface area contributed by atoms with Crippen molar-refractivity contribution in [3.05, 3.63) is 29.0 Å². The van der Waals surface area contributed by atoms with Crippen LogP contribution in [-0.2, 0) is 0 Å². The molecular weight excluding hydrogens is 204 g/mol. The van der Waals surface area contributed by atoms with Gasteiger partial charge in [-0.1, -0.05) is 11.6 Å². The molecule has 76 valence electrons. The van der Waals surface area contributed by atoms with Crippen LogP contribution >= 0.6 is 11.6 Å². The molecule has 0 saturated carbocycles. The Morgan fingerprint density at radius 1 is 1.79 bits per heavy atom. The minimum Gasteiger partial charge on any atom is -0.394 e. The molecule has 0 aliphatic carbocycles. The summed E-state index contributed by atoms with van der Waals surface area (Å²) in [4.78, 5) is 15.3. The smallest absolute Gasteiger partial charge is 0.254 e. The van der Waals surface area contributed by atoms with Gasteiger partial charge in [0.05, 0.1) is 12.2 Å². The fraction of sp³-hybridized carbons (Fsp3) is 0.333. The molecule has 0 fully saturated rings. The third kappa shape index (κ3) is 2.68. The van der Waals surface area contributed by atoms with E-state index in [-0.39, 0.29) is 23.7 Å². The van der Waals surface area contributed by atoms with E-state index in [1.807, 2.05) is 0 Å². The van der Waals surface area contributed by atoms with Gasteiger partial charge < -0.3 is 10.4 Å². The van der Waals surface area contributed by atoms with Crippen molar-refractivity contribution in [3.63, 3.8) is 0 Å². The second-order valence-corrected chi connectivity index (χ2v) is 3.26. The van der Waals surface area contributed by atoms with Gasteiger partial charge in [-0.3, -0.25) is 4.79 Å². The lowest BCUT2D eigenvalue weighted by Crippen LogP contribution is -2.35. The van der Waals surface area contributed by atoms with Crippen LogP contribution in [0.25, 0.3) is 0 Å². The van der Waals surface area contributed by atoms with Crippen LogP contribution in [0.2, 0.25) is 5.15 Å². The van der Waals surface area contributed by atoms with Crippen molar-refractivity contribution >= 4 is 17.5 Å². The van der Waals surface area contributed by atoms with Gasteiger partial charge in [-0.25, -0.2) is 4.98 Å². The van der Waals surface area contributed by atoms with Crippen molar-refractivity contribution in [1.29, 1.82) is 0 Å². The second kappa shape index (κ2) is 4.93. The van der Waals surface area contributed by atoms with Crippen LogP contribution in [0.3, 0.4) is 0 Å². The highest BCUT2D eigenvalue weighted by molar-refractivity contribution is 6.32. The maximum absolute atomic E-state index is 11.5. The molecule has 14 heavy (non-hydrogen) atoms. The monoisotopic (exact) mass is 214 g/mol. The van der Waals surface area contributed by atoms with E-state index in [0.29, 0.717) is 5.56 Å².